The summed E-state index contributed by atoms with van der Waals surface area (Å²) >= 11 is 0. The normalized spacial score (nSPS) is 26.8. The van der Waals surface area contributed by atoms with Crippen LogP contribution in [-0.4, -0.2) is 55.9 Å². The number of ether oxygens (including phenoxy) is 2. The molecule has 0 aromatic rings. The molecule has 2 N–H and O–H groups in total. The third-order valence-electron chi connectivity index (χ3n) is 4.56. The van der Waals surface area contributed by atoms with E-state index in [4.69, 9.17) is 20.5 Å². The topological polar surface area (TPSA) is 88.6 Å². The van der Waals surface area contributed by atoms with E-state index < -0.39 is 11.0 Å². The van der Waals surface area contributed by atoms with Gasteiger partial charge in [-0.2, -0.15) is 5.26 Å². The summed E-state index contributed by atoms with van der Waals surface area (Å²) in [6.45, 7) is 7.74. The van der Waals surface area contributed by atoms with Crippen molar-refractivity contribution >= 4 is 5.91 Å². The first-order valence-corrected chi connectivity index (χ1v) is 7.40. The largest absolute Gasteiger partial charge is 0.383 e. The van der Waals surface area contributed by atoms with Crippen LogP contribution in [0.2, 0.25) is 0 Å². The fourth-order valence-electron chi connectivity index (χ4n) is 2.78. The van der Waals surface area contributed by atoms with Crippen LogP contribution < -0.4 is 5.73 Å². The molecular weight excluding hydrogens is 270 g/mol. The first kappa shape index (κ1) is 17.9. The van der Waals surface area contributed by atoms with Crippen molar-refractivity contribution in [3.8, 4) is 6.07 Å². The van der Waals surface area contributed by atoms with E-state index in [9.17, 15) is 4.79 Å². The van der Waals surface area contributed by atoms with Crippen molar-refractivity contribution < 1.29 is 14.3 Å². The lowest BCUT2D eigenvalue weighted by atomic mass is 9.54. The minimum absolute atomic E-state index is 0.00306. The predicted octanol–water partition coefficient (Wildman–Crippen LogP) is 0.908. The van der Waals surface area contributed by atoms with Crippen molar-refractivity contribution in [3.63, 3.8) is 0 Å². The molecule has 1 amide bonds. The minimum atomic E-state index is -0.934. The van der Waals surface area contributed by atoms with Gasteiger partial charge in [0, 0.05) is 38.6 Å². The molecule has 1 fully saturated rings. The summed E-state index contributed by atoms with van der Waals surface area (Å²) < 4.78 is 10.7. The van der Waals surface area contributed by atoms with Crippen LogP contribution in [-0.2, 0) is 14.3 Å². The van der Waals surface area contributed by atoms with Crippen molar-refractivity contribution in [1.82, 2.24) is 4.90 Å². The number of carbonyl (C=O) groups excluding carboxylic acids is 1. The fourth-order valence-corrected chi connectivity index (χ4v) is 2.78. The number of rotatable bonds is 8. The molecule has 1 saturated carbocycles. The van der Waals surface area contributed by atoms with Crippen LogP contribution in [0, 0.1) is 16.7 Å². The van der Waals surface area contributed by atoms with Crippen molar-refractivity contribution in [1.29, 1.82) is 5.26 Å². The van der Waals surface area contributed by atoms with Gasteiger partial charge in [0.25, 0.3) is 0 Å². The molecule has 120 valence electrons. The van der Waals surface area contributed by atoms with E-state index in [-0.39, 0.29) is 12.0 Å². The Labute approximate surface area is 127 Å². The van der Waals surface area contributed by atoms with Gasteiger partial charge in [-0.25, -0.2) is 0 Å². The van der Waals surface area contributed by atoms with Crippen LogP contribution in [0.3, 0.4) is 0 Å². The highest BCUT2D eigenvalue weighted by atomic mass is 16.5. The molecule has 6 heteroatoms. The quantitative estimate of drug-likeness (QED) is 0.719. The SMILES string of the molecule is CCOC1CC(N)(C(=O)N(CCC#N)CCOC)C1(C)C. The third-order valence-corrected chi connectivity index (χ3v) is 4.56. The van der Waals surface area contributed by atoms with E-state index >= 15 is 0 Å². The molecule has 2 unspecified atom stereocenters. The molecule has 6 nitrogen and oxygen atoms in total. The predicted molar refractivity (Wildman–Crippen MR) is 79.4 cm³/mol. The average molecular weight is 297 g/mol. The summed E-state index contributed by atoms with van der Waals surface area (Å²) in [7, 11) is 1.59. The molecule has 21 heavy (non-hydrogen) atoms. The van der Waals surface area contributed by atoms with Crippen molar-refractivity contribution in [2.24, 2.45) is 11.1 Å². The van der Waals surface area contributed by atoms with Gasteiger partial charge in [0.2, 0.25) is 5.91 Å². The van der Waals surface area contributed by atoms with Crippen LogP contribution >= 0.6 is 0 Å². The molecule has 0 heterocycles. The summed E-state index contributed by atoms with van der Waals surface area (Å²) in [6.07, 6.45) is 0.806. The molecule has 0 aromatic carbocycles. The van der Waals surface area contributed by atoms with E-state index in [1.54, 1.807) is 12.0 Å². The Kier molecular flexibility index (Phi) is 6.14. The number of nitriles is 1. The Morgan fingerprint density at radius 2 is 2.14 bits per heavy atom. The molecule has 0 aliphatic heterocycles. The van der Waals surface area contributed by atoms with Crippen LogP contribution in [0.5, 0.6) is 0 Å². The van der Waals surface area contributed by atoms with E-state index in [0.717, 1.165) is 0 Å². The third kappa shape index (κ3) is 3.37. The molecule has 1 aliphatic rings. The second-order valence-corrected chi connectivity index (χ2v) is 6.03. The van der Waals surface area contributed by atoms with Gasteiger partial charge in [0.05, 0.1) is 25.2 Å². The number of carbonyl (C=O) groups is 1. The van der Waals surface area contributed by atoms with E-state index in [1.807, 2.05) is 20.8 Å². The summed E-state index contributed by atoms with van der Waals surface area (Å²) in [5.74, 6) is -0.115. The first-order valence-electron chi connectivity index (χ1n) is 7.40. The van der Waals surface area contributed by atoms with Crippen molar-refractivity contribution in [2.45, 2.75) is 45.3 Å². The number of hydrogen-bond donors (Lipinski definition) is 1. The number of methoxy groups -OCH3 is 1. The van der Waals surface area contributed by atoms with Crippen molar-refractivity contribution in [3.05, 3.63) is 0 Å². The van der Waals surface area contributed by atoms with Crippen LogP contribution in [0.15, 0.2) is 0 Å². The van der Waals surface area contributed by atoms with Gasteiger partial charge in [0.1, 0.15) is 5.54 Å². The Bertz CT molecular complexity index is 405. The van der Waals surface area contributed by atoms with Gasteiger partial charge in [-0.1, -0.05) is 13.8 Å². The minimum Gasteiger partial charge on any atom is -0.383 e. The first-order chi connectivity index (χ1) is 9.85. The lowest BCUT2D eigenvalue weighted by molar-refractivity contribution is -0.179. The molecule has 0 saturated heterocycles. The second kappa shape index (κ2) is 7.21. The highest BCUT2D eigenvalue weighted by Gasteiger charge is 2.63. The summed E-state index contributed by atoms with van der Waals surface area (Å²) in [5, 5.41) is 8.74. The van der Waals surface area contributed by atoms with Gasteiger partial charge in [-0.15, -0.1) is 0 Å². The maximum atomic E-state index is 12.8. The number of amides is 1. The molecule has 1 rings (SSSR count). The fraction of sp³-hybridized carbons (Fsp3) is 0.867. The zero-order valence-corrected chi connectivity index (χ0v) is 13.5. The zero-order valence-electron chi connectivity index (χ0n) is 13.5. The van der Waals surface area contributed by atoms with Gasteiger partial charge in [-0.05, 0) is 6.92 Å². The smallest absolute Gasteiger partial charge is 0.243 e. The monoisotopic (exact) mass is 297 g/mol. The molecule has 2 atom stereocenters. The maximum absolute atomic E-state index is 12.8. The van der Waals surface area contributed by atoms with Crippen LogP contribution in [0.25, 0.3) is 0 Å². The van der Waals surface area contributed by atoms with Gasteiger partial charge >= 0.3 is 0 Å². The van der Waals surface area contributed by atoms with Gasteiger partial charge in [-0.3, -0.25) is 4.79 Å². The lowest BCUT2D eigenvalue weighted by Gasteiger charge is -2.58. The van der Waals surface area contributed by atoms with Gasteiger partial charge < -0.3 is 20.1 Å². The molecule has 0 radical (unpaired) electrons. The highest BCUT2D eigenvalue weighted by Crippen LogP contribution is 2.50. The Morgan fingerprint density at radius 3 is 2.62 bits per heavy atom. The zero-order chi connectivity index (χ0) is 16.1. The summed E-state index contributed by atoms with van der Waals surface area (Å²) in [5.41, 5.74) is 5.04. The Balaban J connectivity index is 2.80. The van der Waals surface area contributed by atoms with Crippen LogP contribution in [0.1, 0.15) is 33.6 Å². The molecule has 0 spiro atoms. The maximum Gasteiger partial charge on any atom is 0.243 e. The van der Waals surface area contributed by atoms with E-state index in [2.05, 4.69) is 6.07 Å². The standard InChI is InChI=1S/C15H27N3O3/c1-5-21-12-11-15(17,14(12,2)3)13(19)18(8-6-7-16)9-10-20-4/h12H,5-6,8-11,17H2,1-4H3. The average Bonchev–Trinajstić information content (AvgIpc) is 2.46. The van der Waals surface area contributed by atoms with Crippen molar-refractivity contribution in [2.75, 3.05) is 33.4 Å². The summed E-state index contributed by atoms with van der Waals surface area (Å²) in [4.78, 5) is 14.4. The number of hydrogen-bond acceptors (Lipinski definition) is 5. The molecule has 0 bridgehead atoms. The van der Waals surface area contributed by atoms with Crippen LogP contribution in [0.4, 0.5) is 0 Å². The molecular formula is C15H27N3O3. The number of nitrogens with two attached hydrogens (primary N) is 1. The Hall–Kier alpha value is -1.16. The highest BCUT2D eigenvalue weighted by molar-refractivity contribution is 5.89. The Morgan fingerprint density at radius 1 is 1.48 bits per heavy atom. The van der Waals surface area contributed by atoms with E-state index in [1.165, 1.54) is 0 Å². The second-order valence-electron chi connectivity index (χ2n) is 6.03. The van der Waals surface area contributed by atoms with E-state index in [0.29, 0.717) is 39.1 Å². The lowest BCUT2D eigenvalue weighted by Crippen LogP contribution is -2.76. The number of nitrogens with zero attached hydrogens (tertiary/aromatic N) is 2. The summed E-state index contributed by atoms with van der Waals surface area (Å²) in [6, 6.07) is 2.07. The molecule has 0 aromatic heterocycles. The molecule has 1 aliphatic carbocycles. The van der Waals surface area contributed by atoms with Gasteiger partial charge in [0.15, 0.2) is 0 Å².